The molecule has 0 aromatic heterocycles. The standard InChI is InChI=1S/C13H21ClN2O/c1-9-5-6-11(7-12(9)14)16-13(3,8-15)10(2)17-4/h5-7,10,16H,8,15H2,1-4H3. The van der Waals surface area contributed by atoms with Crippen LogP contribution < -0.4 is 11.1 Å². The van der Waals surface area contributed by atoms with Crippen molar-refractivity contribution in [3.8, 4) is 0 Å². The normalized spacial score (nSPS) is 16.4. The van der Waals surface area contributed by atoms with Crippen LogP contribution >= 0.6 is 11.6 Å². The summed E-state index contributed by atoms with van der Waals surface area (Å²) >= 11 is 6.10. The molecule has 0 amide bonds. The number of benzene rings is 1. The summed E-state index contributed by atoms with van der Waals surface area (Å²) in [7, 11) is 1.68. The van der Waals surface area contributed by atoms with E-state index in [1.807, 2.05) is 39.0 Å². The summed E-state index contributed by atoms with van der Waals surface area (Å²) in [6.07, 6.45) is 0.00702. The second kappa shape index (κ2) is 5.71. The minimum absolute atomic E-state index is 0.00702. The molecule has 1 rings (SSSR count). The number of halogens is 1. The summed E-state index contributed by atoms with van der Waals surface area (Å²) in [6.45, 7) is 6.49. The largest absolute Gasteiger partial charge is 0.379 e. The highest BCUT2D eigenvalue weighted by Crippen LogP contribution is 2.24. The molecule has 17 heavy (non-hydrogen) atoms. The molecule has 0 aliphatic heterocycles. The monoisotopic (exact) mass is 256 g/mol. The maximum absolute atomic E-state index is 6.10. The van der Waals surface area contributed by atoms with E-state index < -0.39 is 0 Å². The highest BCUT2D eigenvalue weighted by molar-refractivity contribution is 6.31. The number of anilines is 1. The van der Waals surface area contributed by atoms with E-state index in [1.165, 1.54) is 0 Å². The third kappa shape index (κ3) is 3.35. The number of nitrogens with one attached hydrogen (secondary N) is 1. The van der Waals surface area contributed by atoms with Crippen molar-refractivity contribution in [3.63, 3.8) is 0 Å². The third-order valence-corrected chi connectivity index (χ3v) is 3.68. The third-order valence-electron chi connectivity index (χ3n) is 3.28. The molecular formula is C13H21ClN2O. The lowest BCUT2D eigenvalue weighted by Gasteiger charge is -2.35. The lowest BCUT2D eigenvalue weighted by atomic mass is 9.95. The van der Waals surface area contributed by atoms with Crippen LogP contribution in [0.3, 0.4) is 0 Å². The Bertz CT molecular complexity index is 384. The number of hydrogen-bond acceptors (Lipinski definition) is 3. The summed E-state index contributed by atoms with van der Waals surface area (Å²) in [5.74, 6) is 0. The van der Waals surface area contributed by atoms with Crippen LogP contribution in [0.4, 0.5) is 5.69 Å². The minimum atomic E-state index is -0.312. The zero-order valence-electron chi connectivity index (χ0n) is 10.9. The summed E-state index contributed by atoms with van der Waals surface area (Å²) in [5.41, 5.74) is 7.53. The Morgan fingerprint density at radius 2 is 2.18 bits per heavy atom. The van der Waals surface area contributed by atoms with Gasteiger partial charge in [0.15, 0.2) is 0 Å². The number of ether oxygens (including phenoxy) is 1. The van der Waals surface area contributed by atoms with Crippen molar-refractivity contribution in [3.05, 3.63) is 28.8 Å². The lowest BCUT2D eigenvalue weighted by molar-refractivity contribution is 0.0688. The van der Waals surface area contributed by atoms with E-state index in [2.05, 4.69) is 5.32 Å². The predicted octanol–water partition coefficient (Wildman–Crippen LogP) is 2.81. The van der Waals surface area contributed by atoms with Gasteiger partial charge in [-0.05, 0) is 38.5 Å². The van der Waals surface area contributed by atoms with Gasteiger partial charge >= 0.3 is 0 Å². The predicted molar refractivity (Wildman–Crippen MR) is 73.7 cm³/mol. The topological polar surface area (TPSA) is 47.3 Å². The van der Waals surface area contributed by atoms with Gasteiger partial charge in [0, 0.05) is 24.4 Å². The van der Waals surface area contributed by atoms with Gasteiger partial charge in [-0.15, -0.1) is 0 Å². The lowest BCUT2D eigenvalue weighted by Crippen LogP contribution is -2.51. The van der Waals surface area contributed by atoms with E-state index in [9.17, 15) is 0 Å². The Morgan fingerprint density at radius 1 is 1.53 bits per heavy atom. The van der Waals surface area contributed by atoms with Crippen molar-refractivity contribution in [2.24, 2.45) is 5.73 Å². The second-order valence-corrected chi connectivity index (χ2v) is 5.00. The first kappa shape index (κ1) is 14.3. The van der Waals surface area contributed by atoms with Crippen LogP contribution in [0.1, 0.15) is 19.4 Å². The van der Waals surface area contributed by atoms with Crippen LogP contribution in [0, 0.1) is 6.92 Å². The Kier molecular flexibility index (Phi) is 4.80. The Labute approximate surface area is 108 Å². The van der Waals surface area contributed by atoms with Crippen molar-refractivity contribution in [2.45, 2.75) is 32.4 Å². The second-order valence-electron chi connectivity index (χ2n) is 4.59. The van der Waals surface area contributed by atoms with Gasteiger partial charge in [0.05, 0.1) is 11.6 Å². The molecule has 0 heterocycles. The maximum atomic E-state index is 6.10. The number of nitrogens with two attached hydrogens (primary N) is 1. The first-order chi connectivity index (χ1) is 7.92. The Morgan fingerprint density at radius 3 is 2.65 bits per heavy atom. The fraction of sp³-hybridized carbons (Fsp3) is 0.538. The Hall–Kier alpha value is -0.770. The zero-order valence-corrected chi connectivity index (χ0v) is 11.6. The molecule has 0 aliphatic rings. The Balaban J connectivity index is 2.91. The zero-order chi connectivity index (χ0) is 13.1. The molecule has 1 aromatic rings. The SMILES string of the molecule is COC(C)C(C)(CN)Nc1ccc(C)c(Cl)c1. The van der Waals surface area contributed by atoms with Crippen molar-refractivity contribution < 1.29 is 4.74 Å². The first-order valence-electron chi connectivity index (χ1n) is 5.70. The molecule has 3 nitrogen and oxygen atoms in total. The van der Waals surface area contributed by atoms with E-state index in [4.69, 9.17) is 22.1 Å². The average Bonchev–Trinajstić information content (AvgIpc) is 2.32. The minimum Gasteiger partial charge on any atom is -0.379 e. The molecule has 3 N–H and O–H groups in total. The van der Waals surface area contributed by atoms with Crippen molar-refractivity contribution in [2.75, 3.05) is 19.0 Å². The van der Waals surface area contributed by atoms with Crippen LogP contribution in [0.2, 0.25) is 5.02 Å². The number of aryl methyl sites for hydroxylation is 1. The first-order valence-corrected chi connectivity index (χ1v) is 6.08. The maximum Gasteiger partial charge on any atom is 0.0782 e. The van der Waals surface area contributed by atoms with E-state index in [-0.39, 0.29) is 11.6 Å². The number of hydrogen-bond donors (Lipinski definition) is 2. The number of methoxy groups -OCH3 is 1. The molecule has 2 atom stereocenters. The van der Waals surface area contributed by atoms with Gasteiger partial charge in [0.1, 0.15) is 0 Å². The van der Waals surface area contributed by atoms with Gasteiger partial charge in [-0.3, -0.25) is 0 Å². The molecule has 0 fully saturated rings. The molecule has 1 aromatic carbocycles. The van der Waals surface area contributed by atoms with Gasteiger partial charge < -0.3 is 15.8 Å². The summed E-state index contributed by atoms with van der Waals surface area (Å²) in [5, 5.41) is 4.14. The fourth-order valence-electron chi connectivity index (χ4n) is 1.58. The summed E-state index contributed by atoms with van der Waals surface area (Å²) in [6, 6.07) is 5.89. The highest BCUT2D eigenvalue weighted by Gasteiger charge is 2.29. The molecule has 96 valence electrons. The van der Waals surface area contributed by atoms with Gasteiger partial charge in [0.2, 0.25) is 0 Å². The van der Waals surface area contributed by atoms with E-state index in [1.54, 1.807) is 7.11 Å². The van der Waals surface area contributed by atoms with Crippen LogP contribution in [-0.2, 0) is 4.74 Å². The van der Waals surface area contributed by atoms with Crippen LogP contribution in [0.25, 0.3) is 0 Å². The van der Waals surface area contributed by atoms with Gasteiger partial charge in [-0.2, -0.15) is 0 Å². The molecule has 4 heteroatoms. The van der Waals surface area contributed by atoms with Crippen molar-refractivity contribution in [1.82, 2.24) is 0 Å². The quantitative estimate of drug-likeness (QED) is 0.852. The van der Waals surface area contributed by atoms with Crippen molar-refractivity contribution >= 4 is 17.3 Å². The smallest absolute Gasteiger partial charge is 0.0782 e. The molecule has 0 spiro atoms. The van der Waals surface area contributed by atoms with Gasteiger partial charge in [0.25, 0.3) is 0 Å². The van der Waals surface area contributed by atoms with E-state index in [0.29, 0.717) is 6.54 Å². The number of rotatable bonds is 5. The molecule has 0 radical (unpaired) electrons. The molecular weight excluding hydrogens is 236 g/mol. The molecule has 0 aliphatic carbocycles. The summed E-state index contributed by atoms with van der Waals surface area (Å²) < 4.78 is 5.36. The summed E-state index contributed by atoms with van der Waals surface area (Å²) in [4.78, 5) is 0. The molecule has 0 bridgehead atoms. The van der Waals surface area contributed by atoms with Crippen LogP contribution in [0.5, 0.6) is 0 Å². The van der Waals surface area contributed by atoms with E-state index >= 15 is 0 Å². The molecule has 2 unspecified atom stereocenters. The van der Waals surface area contributed by atoms with Crippen LogP contribution in [-0.4, -0.2) is 25.3 Å². The van der Waals surface area contributed by atoms with Crippen LogP contribution in [0.15, 0.2) is 18.2 Å². The fourth-order valence-corrected chi connectivity index (χ4v) is 1.76. The average molecular weight is 257 g/mol. The molecule has 0 saturated carbocycles. The van der Waals surface area contributed by atoms with Crippen molar-refractivity contribution in [1.29, 1.82) is 0 Å². The molecule has 0 saturated heterocycles. The van der Waals surface area contributed by atoms with Gasteiger partial charge in [-0.25, -0.2) is 0 Å². The highest BCUT2D eigenvalue weighted by atomic mass is 35.5. The van der Waals surface area contributed by atoms with E-state index in [0.717, 1.165) is 16.3 Å². The van der Waals surface area contributed by atoms with Gasteiger partial charge in [-0.1, -0.05) is 17.7 Å².